The predicted octanol–water partition coefficient (Wildman–Crippen LogP) is 3.25. The van der Waals surface area contributed by atoms with E-state index in [4.69, 9.17) is 11.6 Å². The molecule has 1 aliphatic carbocycles. The first kappa shape index (κ1) is 17.0. The largest absolute Gasteiger partial charge is 0.391 e. The first-order valence-electron chi connectivity index (χ1n) is 8.67. The Morgan fingerprint density at radius 2 is 2.04 bits per heavy atom. The monoisotopic (exact) mass is 369 g/mol. The second-order valence-corrected chi connectivity index (χ2v) is 7.12. The maximum Gasteiger partial charge on any atom is 0.137 e. The molecular weight excluding hydrogens is 350 g/mol. The topological polar surface area (TPSA) is 75.9 Å². The van der Waals surface area contributed by atoms with E-state index < -0.39 is 6.10 Å². The van der Waals surface area contributed by atoms with Gasteiger partial charge in [-0.3, -0.25) is 4.68 Å². The van der Waals surface area contributed by atoms with Gasteiger partial charge in [-0.1, -0.05) is 41.9 Å². The van der Waals surface area contributed by atoms with E-state index in [0.717, 1.165) is 36.3 Å². The standard InChI is InChI=1S/C19H20ClN5O/c20-15-8-23-25(11-15)10-13-6-17(18(26)7-13)24-19-16(9-21-12-22-19)14-4-2-1-3-5-14/h1-5,8-9,11-13,17-18,26H,6-7,10H2,(H,21,22,24)/t13?,17-,18-/m1/s1. The lowest BCUT2D eigenvalue weighted by Gasteiger charge is -2.19. The lowest BCUT2D eigenvalue weighted by atomic mass is 10.1. The summed E-state index contributed by atoms with van der Waals surface area (Å²) in [6.45, 7) is 0.747. The first-order valence-corrected chi connectivity index (χ1v) is 9.05. The molecule has 2 heterocycles. The summed E-state index contributed by atoms with van der Waals surface area (Å²) >= 11 is 5.93. The highest BCUT2D eigenvalue weighted by molar-refractivity contribution is 6.30. The zero-order valence-corrected chi connectivity index (χ0v) is 14.9. The van der Waals surface area contributed by atoms with E-state index in [9.17, 15) is 5.11 Å². The van der Waals surface area contributed by atoms with Crippen LogP contribution >= 0.6 is 11.6 Å². The summed E-state index contributed by atoms with van der Waals surface area (Å²) in [7, 11) is 0. The molecule has 3 aromatic rings. The molecule has 26 heavy (non-hydrogen) atoms. The summed E-state index contributed by atoms with van der Waals surface area (Å²) in [5, 5.41) is 18.8. The minimum Gasteiger partial charge on any atom is -0.391 e. The Hall–Kier alpha value is -2.44. The van der Waals surface area contributed by atoms with Crippen molar-refractivity contribution in [3.63, 3.8) is 0 Å². The van der Waals surface area contributed by atoms with E-state index in [1.807, 2.05) is 41.2 Å². The number of halogens is 1. The Bertz CT molecular complexity index is 869. The maximum absolute atomic E-state index is 10.5. The molecular formula is C19H20ClN5O. The van der Waals surface area contributed by atoms with Crippen molar-refractivity contribution in [2.45, 2.75) is 31.5 Å². The number of anilines is 1. The van der Waals surface area contributed by atoms with Crippen LogP contribution in [0.2, 0.25) is 5.02 Å². The molecule has 0 radical (unpaired) electrons. The van der Waals surface area contributed by atoms with Crippen molar-refractivity contribution in [2.75, 3.05) is 5.32 Å². The summed E-state index contributed by atoms with van der Waals surface area (Å²) in [6, 6.07) is 9.96. The number of benzene rings is 1. The third-order valence-corrected chi connectivity index (χ3v) is 4.99. The number of rotatable bonds is 5. The van der Waals surface area contributed by atoms with Gasteiger partial charge in [0.25, 0.3) is 0 Å². The van der Waals surface area contributed by atoms with Gasteiger partial charge in [0.2, 0.25) is 0 Å². The van der Waals surface area contributed by atoms with Crippen molar-refractivity contribution in [3.8, 4) is 11.1 Å². The van der Waals surface area contributed by atoms with Gasteiger partial charge in [0, 0.05) is 24.5 Å². The van der Waals surface area contributed by atoms with E-state index in [1.165, 1.54) is 6.33 Å². The van der Waals surface area contributed by atoms with Gasteiger partial charge in [-0.15, -0.1) is 0 Å². The number of hydrogen-bond acceptors (Lipinski definition) is 5. The van der Waals surface area contributed by atoms with Crippen molar-refractivity contribution in [1.29, 1.82) is 0 Å². The second-order valence-electron chi connectivity index (χ2n) is 6.69. The van der Waals surface area contributed by atoms with Gasteiger partial charge < -0.3 is 10.4 Å². The minimum atomic E-state index is -0.426. The number of aromatic nitrogens is 4. The third-order valence-electron chi connectivity index (χ3n) is 4.79. The van der Waals surface area contributed by atoms with Gasteiger partial charge in [-0.25, -0.2) is 9.97 Å². The van der Waals surface area contributed by atoms with E-state index >= 15 is 0 Å². The van der Waals surface area contributed by atoms with Crippen LogP contribution in [0.15, 0.2) is 55.2 Å². The minimum absolute atomic E-state index is 0.0524. The fourth-order valence-electron chi connectivity index (χ4n) is 3.57. The molecule has 3 atom stereocenters. The van der Waals surface area contributed by atoms with Gasteiger partial charge in [0.05, 0.1) is 23.4 Å². The quantitative estimate of drug-likeness (QED) is 0.722. The molecule has 7 heteroatoms. The molecule has 1 aromatic carbocycles. The van der Waals surface area contributed by atoms with Gasteiger partial charge >= 0.3 is 0 Å². The van der Waals surface area contributed by atoms with Gasteiger partial charge in [0.1, 0.15) is 12.1 Å². The molecule has 1 fully saturated rings. The lowest BCUT2D eigenvalue weighted by Crippen LogP contribution is -2.28. The SMILES string of the molecule is O[C@@H]1CC(Cn2cc(Cl)cn2)C[C@H]1Nc1ncncc1-c1ccccc1. The average molecular weight is 370 g/mol. The van der Waals surface area contributed by atoms with E-state index in [2.05, 4.69) is 20.4 Å². The van der Waals surface area contributed by atoms with E-state index in [0.29, 0.717) is 10.9 Å². The van der Waals surface area contributed by atoms with Crippen LogP contribution in [0.3, 0.4) is 0 Å². The number of hydrogen-bond donors (Lipinski definition) is 2. The Morgan fingerprint density at radius 1 is 1.19 bits per heavy atom. The predicted molar refractivity (Wildman–Crippen MR) is 101 cm³/mol. The molecule has 0 aliphatic heterocycles. The number of nitrogens with zero attached hydrogens (tertiary/aromatic N) is 4. The Labute approximate surface area is 156 Å². The van der Waals surface area contributed by atoms with Gasteiger partial charge in [-0.2, -0.15) is 5.10 Å². The highest BCUT2D eigenvalue weighted by atomic mass is 35.5. The highest BCUT2D eigenvalue weighted by Crippen LogP contribution is 2.32. The van der Waals surface area contributed by atoms with Crippen LogP contribution < -0.4 is 5.32 Å². The molecule has 0 spiro atoms. The molecule has 1 aliphatic rings. The molecule has 0 saturated heterocycles. The van der Waals surface area contributed by atoms with Crippen LogP contribution in [0, 0.1) is 5.92 Å². The fraction of sp³-hybridized carbons (Fsp3) is 0.316. The molecule has 0 amide bonds. The highest BCUT2D eigenvalue weighted by Gasteiger charge is 2.33. The molecule has 4 rings (SSSR count). The molecule has 2 aromatic heterocycles. The molecule has 6 nitrogen and oxygen atoms in total. The molecule has 0 bridgehead atoms. The van der Waals surface area contributed by atoms with Crippen LogP contribution in [-0.2, 0) is 6.54 Å². The molecule has 1 saturated carbocycles. The maximum atomic E-state index is 10.5. The van der Waals surface area contributed by atoms with Crippen LogP contribution in [0.25, 0.3) is 11.1 Å². The van der Waals surface area contributed by atoms with Crippen molar-refractivity contribution in [3.05, 3.63) is 60.3 Å². The van der Waals surface area contributed by atoms with Crippen LogP contribution in [0.5, 0.6) is 0 Å². The van der Waals surface area contributed by atoms with Crippen LogP contribution in [0.1, 0.15) is 12.8 Å². The summed E-state index contributed by atoms with van der Waals surface area (Å²) in [4.78, 5) is 8.55. The van der Waals surface area contributed by atoms with Crippen molar-refractivity contribution < 1.29 is 5.11 Å². The van der Waals surface area contributed by atoms with Crippen LogP contribution in [-0.4, -0.2) is 37.0 Å². The fourth-order valence-corrected chi connectivity index (χ4v) is 3.73. The Kier molecular flexibility index (Phi) is 4.86. The van der Waals surface area contributed by atoms with Crippen molar-refractivity contribution >= 4 is 17.4 Å². The van der Waals surface area contributed by atoms with Crippen LogP contribution in [0.4, 0.5) is 5.82 Å². The smallest absolute Gasteiger partial charge is 0.137 e. The summed E-state index contributed by atoms with van der Waals surface area (Å²) in [5.41, 5.74) is 1.98. The van der Waals surface area contributed by atoms with Gasteiger partial charge in [-0.05, 0) is 24.3 Å². The third kappa shape index (κ3) is 3.71. The lowest BCUT2D eigenvalue weighted by molar-refractivity contribution is 0.166. The van der Waals surface area contributed by atoms with Gasteiger partial charge in [0.15, 0.2) is 0 Å². The molecule has 1 unspecified atom stereocenters. The first-order chi connectivity index (χ1) is 12.7. The van der Waals surface area contributed by atoms with Crippen molar-refractivity contribution in [2.24, 2.45) is 5.92 Å². The van der Waals surface area contributed by atoms with Crippen molar-refractivity contribution in [1.82, 2.24) is 19.7 Å². The Balaban J connectivity index is 1.48. The Morgan fingerprint density at radius 3 is 2.81 bits per heavy atom. The normalized spacial score (nSPS) is 22.5. The zero-order valence-electron chi connectivity index (χ0n) is 14.2. The number of aliphatic hydroxyl groups excluding tert-OH is 1. The zero-order chi connectivity index (χ0) is 17.9. The molecule has 134 valence electrons. The number of nitrogens with one attached hydrogen (secondary N) is 1. The average Bonchev–Trinajstić information content (AvgIpc) is 3.21. The second kappa shape index (κ2) is 7.43. The summed E-state index contributed by atoms with van der Waals surface area (Å²) in [5.74, 6) is 1.08. The van der Waals surface area contributed by atoms with E-state index in [1.54, 1.807) is 12.4 Å². The molecule has 2 N–H and O–H groups in total. The number of aliphatic hydroxyl groups is 1. The van der Waals surface area contributed by atoms with E-state index in [-0.39, 0.29) is 6.04 Å². The summed E-state index contributed by atoms with van der Waals surface area (Å²) in [6.07, 6.45) is 7.92. The summed E-state index contributed by atoms with van der Waals surface area (Å²) < 4.78 is 1.84.